The normalized spacial score (nSPS) is 12.0. The second-order valence-electron chi connectivity index (χ2n) is 5.10. The summed E-state index contributed by atoms with van der Waals surface area (Å²) in [6.07, 6.45) is 0.915. The average Bonchev–Trinajstić information content (AvgIpc) is 2.50. The molecule has 1 N–H and O–H groups in total. The molecule has 2 aromatic rings. The van der Waals surface area contributed by atoms with Crippen LogP contribution in [0.15, 0.2) is 36.4 Å². The van der Waals surface area contributed by atoms with E-state index in [-0.39, 0.29) is 16.5 Å². The lowest BCUT2D eigenvalue weighted by Crippen LogP contribution is -2.15. The number of rotatable bonds is 4. The molecular weight excluding hydrogens is 308 g/mol. The van der Waals surface area contributed by atoms with Crippen molar-refractivity contribution < 1.29 is 13.6 Å². The number of benzene rings is 2. The van der Waals surface area contributed by atoms with Crippen LogP contribution in [0.2, 0.25) is 5.02 Å². The molecule has 2 rings (SSSR count). The van der Waals surface area contributed by atoms with Crippen molar-refractivity contribution in [2.45, 2.75) is 26.2 Å². The van der Waals surface area contributed by atoms with Gasteiger partial charge in [0.15, 0.2) is 11.6 Å². The van der Waals surface area contributed by atoms with Crippen LogP contribution in [0.4, 0.5) is 14.5 Å². The number of nitrogens with one attached hydrogen (secondary N) is 1. The summed E-state index contributed by atoms with van der Waals surface area (Å²) < 4.78 is 26.4. The Morgan fingerprint density at radius 1 is 1.23 bits per heavy atom. The Labute approximate surface area is 133 Å². The van der Waals surface area contributed by atoms with Gasteiger partial charge in [0.1, 0.15) is 0 Å². The van der Waals surface area contributed by atoms with Gasteiger partial charge in [-0.05, 0) is 36.1 Å². The van der Waals surface area contributed by atoms with Crippen LogP contribution in [0.3, 0.4) is 0 Å². The molecule has 0 aliphatic heterocycles. The van der Waals surface area contributed by atoms with Crippen LogP contribution >= 0.6 is 11.6 Å². The van der Waals surface area contributed by atoms with Gasteiger partial charge in [-0.2, -0.15) is 0 Å². The highest BCUT2D eigenvalue weighted by molar-refractivity contribution is 6.34. The largest absolute Gasteiger partial charge is 0.322 e. The molecule has 0 saturated carbocycles. The molecule has 2 aromatic carbocycles. The fraction of sp³-hybridized carbons (Fsp3) is 0.235. The molecule has 22 heavy (non-hydrogen) atoms. The smallest absolute Gasteiger partial charge is 0.257 e. The number of carbonyl (C=O) groups excluding carboxylic acids is 1. The van der Waals surface area contributed by atoms with Gasteiger partial charge < -0.3 is 5.32 Å². The number of halogens is 3. The van der Waals surface area contributed by atoms with Gasteiger partial charge in [0.2, 0.25) is 0 Å². The maximum absolute atomic E-state index is 13.3. The number of hydrogen-bond acceptors (Lipinski definition) is 1. The van der Waals surface area contributed by atoms with E-state index in [9.17, 15) is 13.6 Å². The van der Waals surface area contributed by atoms with E-state index in [0.29, 0.717) is 5.69 Å². The first-order valence-electron chi connectivity index (χ1n) is 6.98. The summed E-state index contributed by atoms with van der Waals surface area (Å²) in [6, 6.07) is 8.99. The highest BCUT2D eigenvalue weighted by atomic mass is 35.5. The summed E-state index contributed by atoms with van der Waals surface area (Å²) in [4.78, 5) is 12.3. The van der Waals surface area contributed by atoms with Gasteiger partial charge in [-0.25, -0.2) is 8.78 Å². The van der Waals surface area contributed by atoms with Crippen LogP contribution in [0.1, 0.15) is 42.1 Å². The number of anilines is 1. The Kier molecular flexibility index (Phi) is 5.14. The fourth-order valence-corrected chi connectivity index (χ4v) is 2.38. The Balaban J connectivity index is 2.32. The topological polar surface area (TPSA) is 29.1 Å². The molecule has 0 aliphatic rings. The van der Waals surface area contributed by atoms with Crippen LogP contribution < -0.4 is 5.32 Å². The van der Waals surface area contributed by atoms with Crippen molar-refractivity contribution in [3.05, 3.63) is 64.2 Å². The van der Waals surface area contributed by atoms with Crippen molar-refractivity contribution in [2.24, 2.45) is 0 Å². The SMILES string of the molecule is CC[C@@H](C)c1ccccc1NC(=O)c1cc(F)c(F)cc1Cl. The minimum absolute atomic E-state index is 0.0977. The predicted octanol–water partition coefficient (Wildman–Crippen LogP) is 5.38. The molecule has 5 heteroatoms. The molecule has 0 saturated heterocycles. The predicted molar refractivity (Wildman–Crippen MR) is 84.5 cm³/mol. The Bertz CT molecular complexity index is 703. The summed E-state index contributed by atoms with van der Waals surface area (Å²) in [5.74, 6) is -2.50. The zero-order chi connectivity index (χ0) is 16.3. The fourth-order valence-electron chi connectivity index (χ4n) is 2.15. The minimum atomic E-state index is -1.11. The maximum Gasteiger partial charge on any atom is 0.257 e. The molecule has 0 spiro atoms. The van der Waals surface area contributed by atoms with Gasteiger partial charge in [0.05, 0.1) is 10.6 Å². The molecule has 0 unspecified atom stereocenters. The quantitative estimate of drug-likeness (QED) is 0.751. The summed E-state index contributed by atoms with van der Waals surface area (Å²) >= 11 is 5.82. The third kappa shape index (κ3) is 3.45. The average molecular weight is 324 g/mol. The standard InChI is InChI=1S/C17H16ClF2NO/c1-3-10(2)11-6-4-5-7-16(11)21-17(22)12-8-14(19)15(20)9-13(12)18/h4-10H,3H2,1-2H3,(H,21,22)/t10-/m1/s1. The molecule has 2 nitrogen and oxygen atoms in total. The van der Waals surface area contributed by atoms with Crippen molar-refractivity contribution in [3.63, 3.8) is 0 Å². The van der Waals surface area contributed by atoms with E-state index in [4.69, 9.17) is 11.6 Å². The Morgan fingerprint density at radius 2 is 1.86 bits per heavy atom. The molecule has 0 heterocycles. The van der Waals surface area contributed by atoms with Crippen LogP contribution in [0, 0.1) is 11.6 Å². The second kappa shape index (κ2) is 6.88. The highest BCUT2D eigenvalue weighted by Crippen LogP contribution is 2.28. The van der Waals surface area contributed by atoms with Gasteiger partial charge >= 0.3 is 0 Å². The van der Waals surface area contributed by atoms with Crippen molar-refractivity contribution in [3.8, 4) is 0 Å². The van der Waals surface area contributed by atoms with Gasteiger partial charge in [-0.15, -0.1) is 0 Å². The summed E-state index contributed by atoms with van der Waals surface area (Å²) in [7, 11) is 0. The zero-order valence-electron chi connectivity index (χ0n) is 12.3. The maximum atomic E-state index is 13.3. The monoisotopic (exact) mass is 323 g/mol. The number of carbonyl (C=O) groups is 1. The van der Waals surface area contributed by atoms with Gasteiger partial charge in [-0.3, -0.25) is 4.79 Å². The molecule has 116 valence electrons. The third-order valence-electron chi connectivity index (χ3n) is 3.61. The number of amides is 1. The molecule has 0 bridgehead atoms. The van der Waals surface area contributed by atoms with Gasteiger partial charge in [0, 0.05) is 5.69 Å². The van der Waals surface area contributed by atoms with Crippen molar-refractivity contribution >= 4 is 23.2 Å². The first-order valence-corrected chi connectivity index (χ1v) is 7.36. The molecule has 0 aliphatic carbocycles. The lowest BCUT2D eigenvalue weighted by molar-refractivity contribution is 0.102. The molecule has 1 amide bonds. The highest BCUT2D eigenvalue weighted by Gasteiger charge is 2.17. The molecule has 1 atom stereocenters. The first-order chi connectivity index (χ1) is 10.4. The van der Waals surface area contributed by atoms with Gasteiger partial charge in [0.25, 0.3) is 5.91 Å². The number of para-hydroxylation sites is 1. The van der Waals surface area contributed by atoms with Gasteiger partial charge in [-0.1, -0.05) is 43.6 Å². The zero-order valence-corrected chi connectivity index (χ0v) is 13.0. The summed E-state index contributed by atoms with van der Waals surface area (Å²) in [5, 5.41) is 2.59. The Hall–Kier alpha value is -1.94. The lowest BCUT2D eigenvalue weighted by atomic mass is 9.97. The Morgan fingerprint density at radius 3 is 2.55 bits per heavy atom. The second-order valence-corrected chi connectivity index (χ2v) is 5.50. The minimum Gasteiger partial charge on any atom is -0.322 e. The van der Waals surface area contributed by atoms with Crippen molar-refractivity contribution in [1.29, 1.82) is 0 Å². The van der Waals surface area contributed by atoms with Crippen LogP contribution in [0.5, 0.6) is 0 Å². The van der Waals surface area contributed by atoms with E-state index in [1.165, 1.54) is 0 Å². The number of hydrogen-bond donors (Lipinski definition) is 1. The third-order valence-corrected chi connectivity index (χ3v) is 3.92. The summed E-state index contributed by atoms with van der Waals surface area (Å²) in [5.41, 5.74) is 1.53. The van der Waals surface area contributed by atoms with E-state index in [1.807, 2.05) is 12.1 Å². The molecule has 0 aromatic heterocycles. The van der Waals surface area contributed by atoms with Crippen molar-refractivity contribution in [1.82, 2.24) is 0 Å². The molecular formula is C17H16ClF2NO. The summed E-state index contributed by atoms with van der Waals surface area (Å²) in [6.45, 7) is 4.10. The molecule has 0 fully saturated rings. The van der Waals surface area contributed by atoms with E-state index in [0.717, 1.165) is 24.1 Å². The van der Waals surface area contributed by atoms with E-state index in [2.05, 4.69) is 19.2 Å². The first kappa shape index (κ1) is 16.4. The lowest BCUT2D eigenvalue weighted by Gasteiger charge is -2.16. The van der Waals surface area contributed by atoms with Crippen LogP contribution in [-0.4, -0.2) is 5.91 Å². The van der Waals surface area contributed by atoms with E-state index in [1.54, 1.807) is 12.1 Å². The van der Waals surface area contributed by atoms with Crippen molar-refractivity contribution in [2.75, 3.05) is 5.32 Å². The van der Waals surface area contributed by atoms with E-state index < -0.39 is 17.5 Å². The van der Waals surface area contributed by atoms with Crippen LogP contribution in [0.25, 0.3) is 0 Å². The van der Waals surface area contributed by atoms with E-state index >= 15 is 0 Å². The van der Waals surface area contributed by atoms with Crippen LogP contribution in [-0.2, 0) is 0 Å². The molecule has 0 radical (unpaired) electrons.